The lowest BCUT2D eigenvalue weighted by atomic mass is 9.87. The Bertz CT molecular complexity index is 473. The summed E-state index contributed by atoms with van der Waals surface area (Å²) in [7, 11) is 0. The Kier molecular flexibility index (Phi) is 4.99. The molecule has 0 bridgehead atoms. The molecule has 3 atom stereocenters. The molecule has 0 aromatic heterocycles. The summed E-state index contributed by atoms with van der Waals surface area (Å²) in [6.45, 7) is 2.94. The Balaban J connectivity index is 2.91. The molecule has 1 aromatic rings. The van der Waals surface area contributed by atoms with Crippen LogP contribution < -0.4 is 4.74 Å². The summed E-state index contributed by atoms with van der Waals surface area (Å²) >= 11 is 0. The molecule has 1 rings (SSSR count). The molecule has 0 heterocycles. The van der Waals surface area contributed by atoms with Crippen molar-refractivity contribution in [2.24, 2.45) is 11.8 Å². The Morgan fingerprint density at radius 2 is 1.90 bits per heavy atom. The van der Waals surface area contributed by atoms with E-state index in [9.17, 15) is 23.1 Å². The standard InChI is InChI=1S/C13H15F3O4/c1-7(8(2)12(18)19)11(17)9-4-3-5-10(6-9)20-13(14,15)16/h3-8,11,17H,1-2H3,(H,18,19). The molecule has 7 heteroatoms. The summed E-state index contributed by atoms with van der Waals surface area (Å²) in [6, 6.07) is 4.87. The number of halogens is 3. The van der Waals surface area contributed by atoms with Crippen molar-refractivity contribution in [1.29, 1.82) is 0 Å². The highest BCUT2D eigenvalue weighted by atomic mass is 19.4. The van der Waals surface area contributed by atoms with E-state index < -0.39 is 36.0 Å². The fourth-order valence-electron chi connectivity index (χ4n) is 1.70. The number of aliphatic hydroxyl groups excluding tert-OH is 1. The molecule has 0 aliphatic heterocycles. The Hall–Kier alpha value is -1.76. The number of alkyl halides is 3. The van der Waals surface area contributed by atoms with Crippen LogP contribution in [0.1, 0.15) is 25.5 Å². The molecule has 4 nitrogen and oxygen atoms in total. The van der Waals surface area contributed by atoms with Gasteiger partial charge in [0, 0.05) is 0 Å². The summed E-state index contributed by atoms with van der Waals surface area (Å²) in [6.07, 6.45) is -6.01. The smallest absolute Gasteiger partial charge is 0.481 e. The van der Waals surface area contributed by atoms with Crippen molar-refractivity contribution in [2.45, 2.75) is 26.3 Å². The van der Waals surface area contributed by atoms with Crippen LogP contribution in [0, 0.1) is 11.8 Å². The molecule has 0 aliphatic rings. The second kappa shape index (κ2) is 6.13. The van der Waals surface area contributed by atoms with E-state index in [1.807, 2.05) is 0 Å². The third kappa shape index (κ3) is 4.41. The van der Waals surface area contributed by atoms with Gasteiger partial charge < -0.3 is 14.9 Å². The van der Waals surface area contributed by atoms with Crippen LogP contribution in [-0.4, -0.2) is 22.5 Å². The van der Waals surface area contributed by atoms with E-state index in [4.69, 9.17) is 5.11 Å². The monoisotopic (exact) mass is 292 g/mol. The van der Waals surface area contributed by atoms with Crippen LogP contribution in [0.15, 0.2) is 24.3 Å². The van der Waals surface area contributed by atoms with Gasteiger partial charge in [0.05, 0.1) is 12.0 Å². The first-order chi connectivity index (χ1) is 9.11. The third-order valence-electron chi connectivity index (χ3n) is 3.11. The maximum absolute atomic E-state index is 12.1. The van der Waals surface area contributed by atoms with E-state index in [1.165, 1.54) is 26.0 Å². The quantitative estimate of drug-likeness (QED) is 0.875. The number of aliphatic hydroxyl groups is 1. The van der Waals surface area contributed by atoms with Crippen LogP contribution in [-0.2, 0) is 4.79 Å². The van der Waals surface area contributed by atoms with Crippen molar-refractivity contribution < 1.29 is 32.9 Å². The molecular formula is C13H15F3O4. The average molecular weight is 292 g/mol. The minimum absolute atomic E-state index is 0.173. The second-order valence-corrected chi connectivity index (χ2v) is 4.55. The molecule has 0 spiro atoms. The minimum Gasteiger partial charge on any atom is -0.481 e. The van der Waals surface area contributed by atoms with Crippen LogP contribution in [0.25, 0.3) is 0 Å². The number of ether oxygens (including phenoxy) is 1. The van der Waals surface area contributed by atoms with Gasteiger partial charge in [0.15, 0.2) is 0 Å². The van der Waals surface area contributed by atoms with Gasteiger partial charge in [-0.2, -0.15) is 0 Å². The molecule has 0 aliphatic carbocycles. The van der Waals surface area contributed by atoms with Gasteiger partial charge in [0.25, 0.3) is 0 Å². The predicted molar refractivity (Wildman–Crippen MR) is 64.0 cm³/mol. The molecule has 112 valence electrons. The first kappa shape index (κ1) is 16.3. The van der Waals surface area contributed by atoms with Gasteiger partial charge in [0.1, 0.15) is 5.75 Å². The zero-order valence-corrected chi connectivity index (χ0v) is 10.9. The van der Waals surface area contributed by atoms with Crippen LogP contribution in [0.5, 0.6) is 5.75 Å². The highest BCUT2D eigenvalue weighted by molar-refractivity contribution is 5.69. The van der Waals surface area contributed by atoms with Gasteiger partial charge in [-0.25, -0.2) is 0 Å². The summed E-state index contributed by atoms with van der Waals surface area (Å²) in [5.74, 6) is -3.03. The maximum atomic E-state index is 12.1. The number of carbonyl (C=O) groups is 1. The Morgan fingerprint density at radius 3 is 2.40 bits per heavy atom. The molecular weight excluding hydrogens is 277 g/mol. The maximum Gasteiger partial charge on any atom is 0.573 e. The van der Waals surface area contributed by atoms with Gasteiger partial charge in [0.2, 0.25) is 0 Å². The molecule has 0 radical (unpaired) electrons. The van der Waals surface area contributed by atoms with E-state index in [1.54, 1.807) is 0 Å². The Morgan fingerprint density at radius 1 is 1.30 bits per heavy atom. The lowest BCUT2D eigenvalue weighted by Gasteiger charge is -2.23. The molecule has 0 fully saturated rings. The van der Waals surface area contributed by atoms with Gasteiger partial charge in [-0.3, -0.25) is 4.79 Å². The fraction of sp³-hybridized carbons (Fsp3) is 0.462. The fourth-order valence-corrected chi connectivity index (χ4v) is 1.70. The van der Waals surface area contributed by atoms with Crippen molar-refractivity contribution in [1.82, 2.24) is 0 Å². The summed E-state index contributed by atoms with van der Waals surface area (Å²) in [5, 5.41) is 18.9. The Labute approximate surface area is 113 Å². The summed E-state index contributed by atoms with van der Waals surface area (Å²) < 4.78 is 40.1. The van der Waals surface area contributed by atoms with Gasteiger partial charge in [-0.05, 0) is 23.6 Å². The number of hydrogen-bond donors (Lipinski definition) is 2. The van der Waals surface area contributed by atoms with Crippen LogP contribution in [0.3, 0.4) is 0 Å². The van der Waals surface area contributed by atoms with Crippen molar-refractivity contribution >= 4 is 5.97 Å². The van der Waals surface area contributed by atoms with E-state index in [0.29, 0.717) is 0 Å². The van der Waals surface area contributed by atoms with E-state index in [-0.39, 0.29) is 5.56 Å². The number of hydrogen-bond acceptors (Lipinski definition) is 3. The highest BCUT2D eigenvalue weighted by Crippen LogP contribution is 2.31. The first-order valence-electron chi connectivity index (χ1n) is 5.88. The van der Waals surface area contributed by atoms with E-state index in [0.717, 1.165) is 12.1 Å². The minimum atomic E-state index is -4.82. The number of benzene rings is 1. The zero-order valence-electron chi connectivity index (χ0n) is 10.9. The topological polar surface area (TPSA) is 66.8 Å². The van der Waals surface area contributed by atoms with Crippen LogP contribution >= 0.6 is 0 Å². The van der Waals surface area contributed by atoms with Crippen molar-refractivity contribution in [3.05, 3.63) is 29.8 Å². The molecule has 3 unspecified atom stereocenters. The zero-order chi connectivity index (χ0) is 15.5. The van der Waals surface area contributed by atoms with Crippen molar-refractivity contribution in [3.8, 4) is 5.75 Å². The number of aliphatic carboxylic acids is 1. The lowest BCUT2D eigenvalue weighted by Crippen LogP contribution is -2.24. The number of carboxylic acids is 1. The van der Waals surface area contributed by atoms with Crippen molar-refractivity contribution in [2.75, 3.05) is 0 Å². The normalized spacial score (nSPS) is 16.3. The highest BCUT2D eigenvalue weighted by Gasteiger charge is 2.32. The predicted octanol–water partition coefficient (Wildman–Crippen LogP) is 2.98. The second-order valence-electron chi connectivity index (χ2n) is 4.55. The largest absolute Gasteiger partial charge is 0.573 e. The first-order valence-corrected chi connectivity index (χ1v) is 5.88. The van der Waals surface area contributed by atoms with Crippen LogP contribution in [0.4, 0.5) is 13.2 Å². The number of carboxylic acid groups (broad SMARTS) is 1. The van der Waals surface area contributed by atoms with E-state index in [2.05, 4.69) is 4.74 Å². The molecule has 0 saturated heterocycles. The van der Waals surface area contributed by atoms with Gasteiger partial charge in [-0.1, -0.05) is 26.0 Å². The van der Waals surface area contributed by atoms with Crippen LogP contribution in [0.2, 0.25) is 0 Å². The average Bonchev–Trinajstić information content (AvgIpc) is 2.34. The SMILES string of the molecule is CC(C(=O)O)C(C)C(O)c1cccc(OC(F)(F)F)c1. The molecule has 1 aromatic carbocycles. The summed E-state index contributed by atoms with van der Waals surface area (Å²) in [4.78, 5) is 10.8. The molecule has 2 N–H and O–H groups in total. The van der Waals surface area contributed by atoms with Gasteiger partial charge >= 0.3 is 12.3 Å². The lowest BCUT2D eigenvalue weighted by molar-refractivity contribution is -0.274. The molecule has 20 heavy (non-hydrogen) atoms. The molecule has 0 amide bonds. The van der Waals surface area contributed by atoms with Crippen molar-refractivity contribution in [3.63, 3.8) is 0 Å². The summed E-state index contributed by atoms with van der Waals surface area (Å²) in [5.41, 5.74) is 0.173. The van der Waals surface area contributed by atoms with Gasteiger partial charge in [-0.15, -0.1) is 13.2 Å². The third-order valence-corrected chi connectivity index (χ3v) is 3.11. The molecule has 0 saturated carbocycles. The number of rotatable bonds is 5. The van der Waals surface area contributed by atoms with E-state index >= 15 is 0 Å².